The third-order valence-electron chi connectivity index (χ3n) is 4.47. The number of unbranched alkanes of at least 4 members (excludes halogenated alkanes) is 2. The van der Waals surface area contributed by atoms with Crippen LogP contribution < -0.4 is 16.3 Å². The molecule has 0 saturated carbocycles. The molecule has 8 nitrogen and oxygen atoms in total. The summed E-state index contributed by atoms with van der Waals surface area (Å²) in [5, 5.41) is 7.61. The molecule has 0 radical (unpaired) electrons. The van der Waals surface area contributed by atoms with Gasteiger partial charge in [0, 0.05) is 25.6 Å². The molecule has 1 heterocycles. The van der Waals surface area contributed by atoms with Gasteiger partial charge in [0.05, 0.1) is 24.7 Å². The summed E-state index contributed by atoms with van der Waals surface area (Å²) in [6.07, 6.45) is 4.60. The van der Waals surface area contributed by atoms with Crippen LogP contribution in [0, 0.1) is 6.92 Å². The normalized spacial score (nSPS) is 10.9. The topological polar surface area (TPSA) is 89.7 Å². The fourth-order valence-electron chi connectivity index (χ4n) is 2.86. The average molecular weight is 418 g/mol. The number of ether oxygens (including phenoxy) is 1. The number of carbonyl (C=O) groups excluding carboxylic acids is 1. The molecule has 0 saturated heterocycles. The minimum Gasteiger partial charge on any atom is -0.469 e. The quantitative estimate of drug-likeness (QED) is 0.213. The summed E-state index contributed by atoms with van der Waals surface area (Å²) in [4.78, 5) is 23.6. The molecule has 1 aromatic carbocycles. The fourth-order valence-corrected chi connectivity index (χ4v) is 3.02. The van der Waals surface area contributed by atoms with Gasteiger partial charge in [0.15, 0.2) is 5.11 Å². The Hall–Kier alpha value is -2.94. The number of rotatable bonds is 9. The van der Waals surface area contributed by atoms with Crippen molar-refractivity contribution in [2.45, 2.75) is 32.6 Å². The molecule has 0 aliphatic rings. The Morgan fingerprint density at radius 3 is 2.66 bits per heavy atom. The van der Waals surface area contributed by atoms with Gasteiger partial charge in [0.25, 0.3) is 5.56 Å². The van der Waals surface area contributed by atoms with Gasteiger partial charge in [0.1, 0.15) is 0 Å². The zero-order chi connectivity index (χ0) is 21.2. The van der Waals surface area contributed by atoms with Gasteiger partial charge < -0.3 is 10.1 Å². The highest BCUT2D eigenvalue weighted by molar-refractivity contribution is 7.80. The number of hydrazone groups is 1. The molecule has 0 spiro atoms. The van der Waals surface area contributed by atoms with E-state index >= 15 is 0 Å². The van der Waals surface area contributed by atoms with Crippen molar-refractivity contribution in [2.24, 2.45) is 12.1 Å². The van der Waals surface area contributed by atoms with Crippen LogP contribution in [0.5, 0.6) is 0 Å². The lowest BCUT2D eigenvalue weighted by molar-refractivity contribution is -0.140. The summed E-state index contributed by atoms with van der Waals surface area (Å²) in [5.41, 5.74) is 4.76. The largest absolute Gasteiger partial charge is 0.469 e. The van der Waals surface area contributed by atoms with Gasteiger partial charge in [-0.05, 0) is 44.1 Å². The van der Waals surface area contributed by atoms with Gasteiger partial charge >= 0.3 is 5.97 Å². The Morgan fingerprint density at radius 1 is 1.24 bits per heavy atom. The first-order valence-electron chi connectivity index (χ1n) is 9.43. The zero-order valence-corrected chi connectivity index (χ0v) is 17.8. The Balaban J connectivity index is 1.85. The number of esters is 1. The van der Waals surface area contributed by atoms with Gasteiger partial charge in [-0.3, -0.25) is 19.7 Å². The van der Waals surface area contributed by atoms with Crippen LogP contribution in [-0.2, 0) is 16.6 Å². The standard InChI is InChI=1S/C20H27N5O3S/c1-15-17(24(2)25(19(15)27)16-10-6-4-7-11-16)14-22-23-20(29)21-13-9-5-8-12-18(26)28-3/h4,6-7,10-11,14H,5,8-9,12-13H2,1-3H3,(H2,21,23,29)/b22-14-. The Morgan fingerprint density at radius 2 is 1.97 bits per heavy atom. The number of carbonyl (C=O) groups is 1. The zero-order valence-electron chi connectivity index (χ0n) is 17.0. The molecule has 29 heavy (non-hydrogen) atoms. The van der Waals surface area contributed by atoms with Gasteiger partial charge in [0.2, 0.25) is 0 Å². The van der Waals surface area contributed by atoms with E-state index in [-0.39, 0.29) is 11.5 Å². The maximum atomic E-state index is 12.6. The predicted molar refractivity (Wildman–Crippen MR) is 118 cm³/mol. The van der Waals surface area contributed by atoms with Crippen molar-refractivity contribution in [3.05, 3.63) is 51.9 Å². The second-order valence-electron chi connectivity index (χ2n) is 6.50. The number of methoxy groups -OCH3 is 1. The van der Waals surface area contributed by atoms with Crippen molar-refractivity contribution in [3.8, 4) is 5.69 Å². The highest BCUT2D eigenvalue weighted by Crippen LogP contribution is 2.08. The molecule has 1 aromatic heterocycles. The maximum absolute atomic E-state index is 12.6. The Labute approximate surface area is 175 Å². The number of thiocarbonyl (C=S) groups is 1. The molecule has 0 unspecified atom stereocenters. The molecule has 0 fully saturated rings. The minimum absolute atomic E-state index is 0.0900. The lowest BCUT2D eigenvalue weighted by atomic mass is 10.2. The van der Waals surface area contributed by atoms with E-state index in [0.717, 1.165) is 24.9 Å². The van der Waals surface area contributed by atoms with E-state index in [0.29, 0.717) is 29.3 Å². The van der Waals surface area contributed by atoms with Crippen LogP contribution in [0.1, 0.15) is 36.9 Å². The summed E-state index contributed by atoms with van der Waals surface area (Å²) >= 11 is 5.20. The molecule has 2 rings (SSSR count). The second kappa shape index (κ2) is 11.2. The second-order valence-corrected chi connectivity index (χ2v) is 6.91. The fraction of sp³-hybridized carbons (Fsp3) is 0.400. The smallest absolute Gasteiger partial charge is 0.305 e. The van der Waals surface area contributed by atoms with Gasteiger partial charge in [-0.1, -0.05) is 24.6 Å². The minimum atomic E-state index is -0.185. The van der Waals surface area contributed by atoms with E-state index in [2.05, 4.69) is 20.6 Å². The monoisotopic (exact) mass is 417 g/mol. The first kappa shape index (κ1) is 22.4. The summed E-state index contributed by atoms with van der Waals surface area (Å²) < 4.78 is 7.96. The van der Waals surface area contributed by atoms with Gasteiger partial charge in [-0.15, -0.1) is 0 Å². The number of hydrogen-bond donors (Lipinski definition) is 2. The Bertz CT molecular complexity index is 918. The van der Waals surface area contributed by atoms with E-state index in [1.807, 2.05) is 37.4 Å². The molecular formula is C20H27N5O3S. The average Bonchev–Trinajstić information content (AvgIpc) is 2.94. The third kappa shape index (κ3) is 6.28. The summed E-state index contributed by atoms with van der Waals surface area (Å²) in [5.74, 6) is -0.185. The number of hydrogen-bond acceptors (Lipinski definition) is 5. The number of para-hydroxylation sites is 1. The molecule has 0 atom stereocenters. The Kier molecular flexibility index (Phi) is 8.60. The first-order valence-corrected chi connectivity index (χ1v) is 9.84. The molecular weight excluding hydrogens is 390 g/mol. The van der Waals surface area contributed by atoms with Crippen molar-refractivity contribution in [1.29, 1.82) is 0 Å². The van der Waals surface area contributed by atoms with E-state index in [1.54, 1.807) is 22.5 Å². The van der Waals surface area contributed by atoms with E-state index in [4.69, 9.17) is 12.2 Å². The molecule has 2 N–H and O–H groups in total. The van der Waals surface area contributed by atoms with Crippen molar-refractivity contribution in [2.75, 3.05) is 13.7 Å². The van der Waals surface area contributed by atoms with Crippen molar-refractivity contribution in [1.82, 2.24) is 20.1 Å². The first-order chi connectivity index (χ1) is 14.0. The van der Waals surface area contributed by atoms with Gasteiger partial charge in [-0.2, -0.15) is 5.10 Å². The van der Waals surface area contributed by atoms with Crippen LogP contribution in [0.4, 0.5) is 0 Å². The number of nitrogens with zero attached hydrogens (tertiary/aromatic N) is 3. The lowest BCUT2D eigenvalue weighted by Crippen LogP contribution is -2.32. The van der Waals surface area contributed by atoms with Crippen LogP contribution in [0.25, 0.3) is 5.69 Å². The summed E-state index contributed by atoms with van der Waals surface area (Å²) in [6.45, 7) is 2.46. The van der Waals surface area contributed by atoms with E-state index < -0.39 is 0 Å². The highest BCUT2D eigenvalue weighted by Gasteiger charge is 2.14. The van der Waals surface area contributed by atoms with Crippen LogP contribution in [0.3, 0.4) is 0 Å². The lowest BCUT2D eigenvalue weighted by Gasteiger charge is -2.08. The summed E-state index contributed by atoms with van der Waals surface area (Å²) in [6, 6.07) is 9.44. The molecule has 156 valence electrons. The van der Waals surface area contributed by atoms with Crippen LogP contribution in [0.15, 0.2) is 40.2 Å². The van der Waals surface area contributed by atoms with E-state index in [9.17, 15) is 9.59 Å². The molecule has 0 amide bonds. The van der Waals surface area contributed by atoms with Crippen molar-refractivity contribution in [3.63, 3.8) is 0 Å². The third-order valence-corrected chi connectivity index (χ3v) is 4.71. The molecule has 0 aliphatic heterocycles. The van der Waals surface area contributed by atoms with Crippen molar-refractivity contribution >= 4 is 29.5 Å². The van der Waals surface area contributed by atoms with Crippen LogP contribution in [0.2, 0.25) is 0 Å². The maximum Gasteiger partial charge on any atom is 0.305 e. The van der Waals surface area contributed by atoms with Crippen LogP contribution >= 0.6 is 12.2 Å². The molecule has 9 heteroatoms. The number of aromatic nitrogens is 2. The molecule has 0 bridgehead atoms. The van der Waals surface area contributed by atoms with Gasteiger partial charge in [-0.25, -0.2) is 4.68 Å². The molecule has 0 aliphatic carbocycles. The van der Waals surface area contributed by atoms with E-state index in [1.165, 1.54) is 7.11 Å². The van der Waals surface area contributed by atoms with Crippen molar-refractivity contribution < 1.29 is 9.53 Å². The molecule has 2 aromatic rings. The number of benzene rings is 1. The SMILES string of the molecule is COC(=O)CCCCCNC(=S)N/N=C\c1c(C)c(=O)n(-c2ccccc2)n1C. The van der Waals surface area contributed by atoms with Crippen LogP contribution in [-0.4, -0.2) is 40.3 Å². The highest BCUT2D eigenvalue weighted by atomic mass is 32.1. The number of nitrogens with one attached hydrogen (secondary N) is 2. The summed E-state index contributed by atoms with van der Waals surface area (Å²) in [7, 11) is 3.21. The predicted octanol–water partition coefficient (Wildman–Crippen LogP) is 2.02.